The smallest absolute Gasteiger partial charge is 0.225 e. The second kappa shape index (κ2) is 11.5. The third kappa shape index (κ3) is 5.93. The van der Waals surface area contributed by atoms with Crippen molar-refractivity contribution in [3.63, 3.8) is 0 Å². The standard InChI is InChI=1S/C29H34N2O4/c1-3-4-9-19(2)23(32)16-15-21-24(33)18-25-28(21)22-12-7-10-20(29(22)35-25)11-8-14-27(34)31-26-13-5-6-17-30-26/h5-7,10,12-13,15-17,19,21,23-25,28,32-33H,8-9,11,14,18H2,1-2H3,(H,30,31,34)/b16-15+/t19-,21-,23+,24+,25-,28-/m0/s1. The van der Waals surface area contributed by atoms with E-state index in [1.165, 1.54) is 0 Å². The SMILES string of the molecule is CC#CC[C@H](C)[C@H](O)/C=C/[C@@H]1[C@H]2c3cccc(CCCC(=O)Nc4ccccn4)c3O[C@H]2C[C@H]1O. The van der Waals surface area contributed by atoms with E-state index in [1.807, 2.05) is 31.2 Å². The first-order chi connectivity index (χ1) is 17.0. The van der Waals surface area contributed by atoms with Gasteiger partial charge in [0.15, 0.2) is 0 Å². The molecule has 0 spiro atoms. The number of aryl methyl sites for hydroxylation is 1. The lowest BCUT2D eigenvalue weighted by Crippen LogP contribution is -2.19. The van der Waals surface area contributed by atoms with Crippen LogP contribution in [0.4, 0.5) is 5.82 Å². The Morgan fingerprint density at radius 1 is 1.31 bits per heavy atom. The molecule has 2 aromatic rings. The van der Waals surface area contributed by atoms with E-state index in [1.54, 1.807) is 25.3 Å². The van der Waals surface area contributed by atoms with Gasteiger partial charge in [-0.3, -0.25) is 4.79 Å². The molecule has 184 valence electrons. The van der Waals surface area contributed by atoms with E-state index in [-0.39, 0.29) is 29.8 Å². The van der Waals surface area contributed by atoms with Gasteiger partial charge in [-0.15, -0.1) is 11.8 Å². The van der Waals surface area contributed by atoms with Crippen LogP contribution in [0, 0.1) is 23.7 Å². The highest BCUT2D eigenvalue weighted by atomic mass is 16.5. The summed E-state index contributed by atoms with van der Waals surface area (Å²) in [6.07, 6.45) is 7.25. The number of hydrogen-bond acceptors (Lipinski definition) is 5. The molecule has 3 N–H and O–H groups in total. The van der Waals surface area contributed by atoms with E-state index < -0.39 is 12.2 Å². The number of benzene rings is 1. The summed E-state index contributed by atoms with van der Waals surface area (Å²) in [5.41, 5.74) is 2.20. The fourth-order valence-corrected chi connectivity index (χ4v) is 5.06. The molecule has 0 radical (unpaired) electrons. The molecule has 4 rings (SSSR count). The molecule has 1 aliphatic carbocycles. The van der Waals surface area contributed by atoms with Crippen LogP contribution in [-0.4, -0.2) is 39.4 Å². The highest BCUT2D eigenvalue weighted by Gasteiger charge is 2.48. The molecule has 0 unspecified atom stereocenters. The van der Waals surface area contributed by atoms with Gasteiger partial charge in [0.25, 0.3) is 0 Å². The molecule has 6 atom stereocenters. The van der Waals surface area contributed by atoms with E-state index >= 15 is 0 Å². The summed E-state index contributed by atoms with van der Waals surface area (Å²) in [6, 6.07) is 11.6. The average molecular weight is 475 g/mol. The predicted molar refractivity (Wildman–Crippen MR) is 136 cm³/mol. The van der Waals surface area contributed by atoms with Crippen molar-refractivity contribution >= 4 is 11.7 Å². The van der Waals surface area contributed by atoms with Gasteiger partial charge < -0.3 is 20.3 Å². The summed E-state index contributed by atoms with van der Waals surface area (Å²) in [5, 5.41) is 24.0. The van der Waals surface area contributed by atoms with Crippen molar-refractivity contribution in [2.75, 3.05) is 5.32 Å². The molecular formula is C29H34N2O4. The molecule has 1 aromatic carbocycles. The molecule has 35 heavy (non-hydrogen) atoms. The zero-order valence-electron chi connectivity index (χ0n) is 20.4. The predicted octanol–water partition coefficient (Wildman–Crippen LogP) is 4.24. The minimum Gasteiger partial charge on any atom is -0.489 e. The Morgan fingerprint density at radius 2 is 2.17 bits per heavy atom. The number of aliphatic hydroxyl groups excluding tert-OH is 2. The van der Waals surface area contributed by atoms with Crippen LogP contribution in [0.2, 0.25) is 0 Å². The number of carbonyl (C=O) groups is 1. The van der Waals surface area contributed by atoms with Crippen molar-refractivity contribution in [3.05, 3.63) is 65.9 Å². The van der Waals surface area contributed by atoms with Crippen molar-refractivity contribution in [2.24, 2.45) is 11.8 Å². The van der Waals surface area contributed by atoms with Crippen LogP contribution in [0.25, 0.3) is 0 Å². The van der Waals surface area contributed by atoms with Gasteiger partial charge in [0, 0.05) is 42.9 Å². The second-order valence-electron chi connectivity index (χ2n) is 9.50. The average Bonchev–Trinajstić information content (AvgIpc) is 3.36. The summed E-state index contributed by atoms with van der Waals surface area (Å²) in [5.74, 6) is 7.26. The van der Waals surface area contributed by atoms with Crippen molar-refractivity contribution < 1.29 is 19.7 Å². The fraction of sp³-hybridized carbons (Fsp3) is 0.448. The number of hydrogen-bond donors (Lipinski definition) is 3. The van der Waals surface area contributed by atoms with E-state index in [0.29, 0.717) is 31.5 Å². The van der Waals surface area contributed by atoms with Gasteiger partial charge in [-0.1, -0.05) is 43.3 Å². The number of carbonyl (C=O) groups excluding carboxylic acids is 1. The summed E-state index contributed by atoms with van der Waals surface area (Å²) in [4.78, 5) is 16.4. The lowest BCUT2D eigenvalue weighted by molar-refractivity contribution is -0.116. The van der Waals surface area contributed by atoms with Gasteiger partial charge in [-0.25, -0.2) is 4.98 Å². The molecule has 2 heterocycles. The van der Waals surface area contributed by atoms with Crippen LogP contribution >= 0.6 is 0 Å². The minimum absolute atomic E-state index is 0.0293. The number of amides is 1. The number of anilines is 1. The monoisotopic (exact) mass is 474 g/mol. The van der Waals surface area contributed by atoms with E-state index in [9.17, 15) is 15.0 Å². The number of pyridine rings is 1. The number of nitrogens with one attached hydrogen (secondary N) is 1. The van der Waals surface area contributed by atoms with Crippen LogP contribution < -0.4 is 10.1 Å². The normalized spacial score (nSPS) is 24.1. The Kier molecular flexibility index (Phi) is 8.22. The number of para-hydroxylation sites is 1. The van der Waals surface area contributed by atoms with Gasteiger partial charge in [-0.05, 0) is 43.4 Å². The Bertz CT molecular complexity index is 1100. The topological polar surface area (TPSA) is 91.7 Å². The minimum atomic E-state index is -0.604. The molecular weight excluding hydrogens is 440 g/mol. The van der Waals surface area contributed by atoms with Crippen molar-refractivity contribution in [3.8, 4) is 17.6 Å². The van der Waals surface area contributed by atoms with E-state index in [4.69, 9.17) is 4.74 Å². The van der Waals surface area contributed by atoms with E-state index in [0.717, 1.165) is 23.3 Å². The molecule has 2 aliphatic rings. The molecule has 1 aliphatic heterocycles. The molecule has 0 saturated heterocycles. The number of ether oxygens (including phenoxy) is 1. The molecule has 6 nitrogen and oxygen atoms in total. The third-order valence-electron chi connectivity index (χ3n) is 6.99. The first-order valence-corrected chi connectivity index (χ1v) is 12.4. The van der Waals surface area contributed by atoms with Gasteiger partial charge in [0.05, 0.1) is 12.2 Å². The quantitative estimate of drug-likeness (QED) is 0.374. The van der Waals surface area contributed by atoms with Gasteiger partial charge in [0.2, 0.25) is 5.91 Å². The molecule has 0 bridgehead atoms. The number of aromatic nitrogens is 1. The largest absolute Gasteiger partial charge is 0.489 e. The third-order valence-corrected chi connectivity index (χ3v) is 6.99. The van der Waals surface area contributed by atoms with Crippen molar-refractivity contribution in [1.82, 2.24) is 4.98 Å². The zero-order valence-corrected chi connectivity index (χ0v) is 20.4. The van der Waals surface area contributed by atoms with Crippen molar-refractivity contribution in [1.29, 1.82) is 0 Å². The lowest BCUT2D eigenvalue weighted by atomic mass is 9.86. The highest BCUT2D eigenvalue weighted by Crippen LogP contribution is 2.52. The first-order valence-electron chi connectivity index (χ1n) is 12.4. The number of fused-ring (bicyclic) bond motifs is 3. The Balaban J connectivity index is 1.39. The lowest BCUT2D eigenvalue weighted by Gasteiger charge is -2.19. The van der Waals surface area contributed by atoms with Gasteiger partial charge >= 0.3 is 0 Å². The maximum atomic E-state index is 12.3. The molecule has 1 saturated carbocycles. The maximum absolute atomic E-state index is 12.3. The molecule has 6 heteroatoms. The first kappa shape index (κ1) is 25.0. The van der Waals surface area contributed by atoms with Crippen LogP contribution in [0.15, 0.2) is 54.7 Å². The Morgan fingerprint density at radius 3 is 2.94 bits per heavy atom. The summed E-state index contributed by atoms with van der Waals surface area (Å²) >= 11 is 0. The van der Waals surface area contributed by atoms with Crippen molar-refractivity contribution in [2.45, 2.75) is 70.2 Å². The number of rotatable bonds is 9. The molecule has 1 fully saturated rings. The van der Waals surface area contributed by atoms with Gasteiger partial charge in [0.1, 0.15) is 17.7 Å². The second-order valence-corrected chi connectivity index (χ2v) is 9.50. The fourth-order valence-electron chi connectivity index (χ4n) is 5.06. The maximum Gasteiger partial charge on any atom is 0.225 e. The summed E-state index contributed by atoms with van der Waals surface area (Å²) < 4.78 is 6.34. The van der Waals surface area contributed by atoms with Gasteiger partial charge in [-0.2, -0.15) is 0 Å². The Hall–Kier alpha value is -3.14. The molecule has 1 aromatic heterocycles. The number of aliphatic hydroxyl groups is 2. The summed E-state index contributed by atoms with van der Waals surface area (Å²) in [7, 11) is 0. The highest BCUT2D eigenvalue weighted by molar-refractivity contribution is 5.89. The summed E-state index contributed by atoms with van der Waals surface area (Å²) in [6.45, 7) is 3.77. The van der Waals surface area contributed by atoms with Crippen LogP contribution in [0.1, 0.15) is 56.6 Å². The zero-order chi connectivity index (χ0) is 24.8. The Labute approximate surface area is 207 Å². The van der Waals surface area contributed by atoms with Crippen LogP contribution in [0.3, 0.4) is 0 Å². The number of nitrogens with zero attached hydrogens (tertiary/aromatic N) is 1. The molecule has 1 amide bonds. The van der Waals surface area contributed by atoms with Crippen LogP contribution in [0.5, 0.6) is 5.75 Å². The van der Waals surface area contributed by atoms with Crippen LogP contribution in [-0.2, 0) is 11.2 Å². The van der Waals surface area contributed by atoms with E-state index in [2.05, 4.69) is 34.3 Å².